The van der Waals surface area contributed by atoms with Gasteiger partial charge in [-0.3, -0.25) is 14.4 Å². The van der Waals surface area contributed by atoms with Crippen molar-refractivity contribution in [1.29, 1.82) is 0 Å². The number of piperidine rings is 1. The third-order valence-electron chi connectivity index (χ3n) is 5.30. The quantitative estimate of drug-likeness (QED) is 0.868. The molecular formula is C17H22N4O2. The van der Waals surface area contributed by atoms with Gasteiger partial charge in [0.15, 0.2) is 5.76 Å². The smallest absolute Gasteiger partial charge is 0.290 e. The molecule has 1 amide bonds. The molecule has 1 spiro atoms. The number of aromatic nitrogens is 2. The van der Waals surface area contributed by atoms with Crippen molar-refractivity contribution in [2.24, 2.45) is 7.05 Å². The second kappa shape index (κ2) is 5.53. The Morgan fingerprint density at radius 2 is 2.09 bits per heavy atom. The molecule has 4 rings (SSSR count). The lowest BCUT2D eigenvalue weighted by Crippen LogP contribution is -2.65. The zero-order valence-corrected chi connectivity index (χ0v) is 13.4. The summed E-state index contributed by atoms with van der Waals surface area (Å²) in [6, 6.07) is 3.53. The van der Waals surface area contributed by atoms with Crippen molar-refractivity contribution in [3.63, 3.8) is 0 Å². The van der Waals surface area contributed by atoms with Crippen LogP contribution in [0, 0.1) is 0 Å². The first kappa shape index (κ1) is 14.5. The molecule has 23 heavy (non-hydrogen) atoms. The van der Waals surface area contributed by atoms with Crippen molar-refractivity contribution in [3.05, 3.63) is 42.1 Å². The predicted molar refractivity (Wildman–Crippen MR) is 84.8 cm³/mol. The summed E-state index contributed by atoms with van der Waals surface area (Å²) in [6.45, 7) is 3.84. The molecule has 0 saturated carbocycles. The van der Waals surface area contributed by atoms with Crippen LogP contribution in [0.5, 0.6) is 0 Å². The van der Waals surface area contributed by atoms with Crippen LogP contribution in [-0.2, 0) is 13.6 Å². The number of hydrogen-bond acceptors (Lipinski definition) is 4. The van der Waals surface area contributed by atoms with E-state index in [1.54, 1.807) is 18.4 Å². The second-order valence-electron chi connectivity index (χ2n) is 6.71. The SMILES string of the molecule is Cn1cc(CN2CCC3(CC2)CCN3C(=O)c2ccco2)cn1. The Morgan fingerprint density at radius 3 is 2.65 bits per heavy atom. The fourth-order valence-corrected chi connectivity index (χ4v) is 3.85. The van der Waals surface area contributed by atoms with Gasteiger partial charge in [0.2, 0.25) is 0 Å². The molecule has 2 saturated heterocycles. The average Bonchev–Trinajstić information content (AvgIpc) is 3.19. The number of aryl methyl sites for hydroxylation is 1. The van der Waals surface area contributed by atoms with Crippen LogP contribution in [0.3, 0.4) is 0 Å². The van der Waals surface area contributed by atoms with E-state index < -0.39 is 0 Å². The zero-order chi connectivity index (χ0) is 15.9. The maximum Gasteiger partial charge on any atom is 0.290 e. The number of furan rings is 1. The van der Waals surface area contributed by atoms with Crippen molar-refractivity contribution in [1.82, 2.24) is 19.6 Å². The fourth-order valence-electron chi connectivity index (χ4n) is 3.85. The van der Waals surface area contributed by atoms with Crippen LogP contribution in [0.2, 0.25) is 0 Å². The standard InChI is InChI=1S/C17H22N4O2/c1-19-12-14(11-18-19)13-20-7-4-17(5-8-20)6-9-21(17)16(22)15-3-2-10-23-15/h2-3,10-12H,4-9,13H2,1H3. The number of rotatable bonds is 3. The Morgan fingerprint density at radius 1 is 1.30 bits per heavy atom. The molecule has 2 aliphatic heterocycles. The first-order valence-electron chi connectivity index (χ1n) is 8.22. The summed E-state index contributed by atoms with van der Waals surface area (Å²) in [4.78, 5) is 17.0. The molecule has 2 fully saturated rings. The first-order valence-corrected chi connectivity index (χ1v) is 8.22. The van der Waals surface area contributed by atoms with Gasteiger partial charge in [0.05, 0.1) is 12.5 Å². The molecule has 122 valence electrons. The normalized spacial score (nSPS) is 20.7. The van der Waals surface area contributed by atoms with Crippen LogP contribution in [0.15, 0.2) is 35.2 Å². The molecule has 0 N–H and O–H groups in total. The minimum Gasteiger partial charge on any atom is -0.459 e. The second-order valence-corrected chi connectivity index (χ2v) is 6.71. The van der Waals surface area contributed by atoms with E-state index in [2.05, 4.69) is 16.2 Å². The fraction of sp³-hybridized carbons (Fsp3) is 0.529. The van der Waals surface area contributed by atoms with Crippen molar-refractivity contribution in [2.75, 3.05) is 19.6 Å². The summed E-state index contributed by atoms with van der Waals surface area (Å²) in [6.07, 6.45) is 8.76. The summed E-state index contributed by atoms with van der Waals surface area (Å²) >= 11 is 0. The van der Waals surface area contributed by atoms with Crippen LogP contribution in [0.1, 0.15) is 35.4 Å². The van der Waals surface area contributed by atoms with Gasteiger partial charge in [0, 0.05) is 50.5 Å². The van der Waals surface area contributed by atoms with Gasteiger partial charge in [-0.05, 0) is 31.4 Å². The highest BCUT2D eigenvalue weighted by Crippen LogP contribution is 2.41. The van der Waals surface area contributed by atoms with Crippen LogP contribution in [-0.4, -0.2) is 50.7 Å². The van der Waals surface area contributed by atoms with E-state index in [0.717, 1.165) is 45.4 Å². The monoisotopic (exact) mass is 314 g/mol. The Hall–Kier alpha value is -2.08. The average molecular weight is 314 g/mol. The number of likely N-dealkylation sites (tertiary alicyclic amines) is 2. The van der Waals surface area contributed by atoms with Gasteiger partial charge in [-0.15, -0.1) is 0 Å². The van der Waals surface area contributed by atoms with Gasteiger partial charge < -0.3 is 9.32 Å². The highest BCUT2D eigenvalue weighted by Gasteiger charge is 2.49. The van der Waals surface area contributed by atoms with E-state index in [-0.39, 0.29) is 11.4 Å². The van der Waals surface area contributed by atoms with Gasteiger partial charge in [0.25, 0.3) is 5.91 Å². The highest BCUT2D eigenvalue weighted by molar-refractivity contribution is 5.92. The lowest BCUT2D eigenvalue weighted by Gasteiger charge is -2.56. The van der Waals surface area contributed by atoms with E-state index in [0.29, 0.717) is 5.76 Å². The molecule has 2 aromatic rings. The van der Waals surface area contributed by atoms with Gasteiger partial charge in [-0.2, -0.15) is 5.10 Å². The summed E-state index contributed by atoms with van der Waals surface area (Å²) in [5, 5.41) is 4.23. The van der Waals surface area contributed by atoms with Crippen molar-refractivity contribution < 1.29 is 9.21 Å². The molecule has 0 aromatic carbocycles. The molecule has 6 nitrogen and oxygen atoms in total. The van der Waals surface area contributed by atoms with E-state index >= 15 is 0 Å². The molecule has 0 radical (unpaired) electrons. The minimum atomic E-state index is 0.0435. The number of carbonyl (C=O) groups is 1. The Bertz CT molecular complexity index is 683. The highest BCUT2D eigenvalue weighted by atomic mass is 16.3. The van der Waals surface area contributed by atoms with Crippen LogP contribution < -0.4 is 0 Å². The molecule has 2 aromatic heterocycles. The third kappa shape index (κ3) is 2.57. The topological polar surface area (TPSA) is 54.5 Å². The van der Waals surface area contributed by atoms with Crippen LogP contribution in [0.4, 0.5) is 0 Å². The number of nitrogens with zero attached hydrogens (tertiary/aromatic N) is 4. The number of amides is 1. The maximum atomic E-state index is 12.5. The van der Waals surface area contributed by atoms with E-state index in [1.165, 1.54) is 5.56 Å². The Kier molecular flexibility index (Phi) is 3.49. The molecule has 4 heterocycles. The summed E-state index contributed by atoms with van der Waals surface area (Å²) in [5.74, 6) is 0.504. The molecule has 0 unspecified atom stereocenters. The Labute approximate surface area is 135 Å². The van der Waals surface area contributed by atoms with Crippen LogP contribution >= 0.6 is 0 Å². The van der Waals surface area contributed by atoms with E-state index in [1.807, 2.05) is 22.8 Å². The lowest BCUT2D eigenvalue weighted by molar-refractivity contribution is -0.0414. The maximum absolute atomic E-state index is 12.5. The third-order valence-corrected chi connectivity index (χ3v) is 5.30. The molecule has 2 aliphatic rings. The predicted octanol–water partition coefficient (Wildman–Crippen LogP) is 1.89. The largest absolute Gasteiger partial charge is 0.459 e. The van der Waals surface area contributed by atoms with E-state index in [4.69, 9.17) is 4.42 Å². The van der Waals surface area contributed by atoms with E-state index in [9.17, 15) is 4.79 Å². The van der Waals surface area contributed by atoms with Crippen LogP contribution in [0.25, 0.3) is 0 Å². The van der Waals surface area contributed by atoms with Crippen molar-refractivity contribution in [2.45, 2.75) is 31.3 Å². The number of hydrogen-bond donors (Lipinski definition) is 0. The summed E-state index contributed by atoms with van der Waals surface area (Å²) in [7, 11) is 1.95. The molecule has 0 aliphatic carbocycles. The van der Waals surface area contributed by atoms with Gasteiger partial charge in [0.1, 0.15) is 0 Å². The van der Waals surface area contributed by atoms with Gasteiger partial charge in [-0.1, -0.05) is 0 Å². The van der Waals surface area contributed by atoms with Crippen molar-refractivity contribution >= 4 is 5.91 Å². The van der Waals surface area contributed by atoms with Gasteiger partial charge >= 0.3 is 0 Å². The summed E-state index contributed by atoms with van der Waals surface area (Å²) in [5.41, 5.74) is 1.30. The van der Waals surface area contributed by atoms with Crippen molar-refractivity contribution in [3.8, 4) is 0 Å². The number of carbonyl (C=O) groups excluding carboxylic acids is 1. The summed E-state index contributed by atoms with van der Waals surface area (Å²) < 4.78 is 7.12. The molecule has 0 atom stereocenters. The molecular weight excluding hydrogens is 292 g/mol. The first-order chi connectivity index (χ1) is 11.2. The molecule has 0 bridgehead atoms. The Balaban J connectivity index is 1.38. The molecule has 6 heteroatoms. The minimum absolute atomic E-state index is 0.0435. The zero-order valence-electron chi connectivity index (χ0n) is 13.4. The lowest BCUT2D eigenvalue weighted by atomic mass is 9.76. The van der Waals surface area contributed by atoms with Gasteiger partial charge in [-0.25, -0.2) is 0 Å².